The van der Waals surface area contributed by atoms with Crippen molar-refractivity contribution in [1.29, 1.82) is 0 Å². The predicted octanol–water partition coefficient (Wildman–Crippen LogP) is 5.08. The Labute approximate surface area is 170 Å². The Bertz CT molecular complexity index is 567. The molecule has 0 radical (unpaired) electrons. The fraction of sp³-hybridized carbons (Fsp3) is 0.667. The van der Waals surface area contributed by atoms with E-state index in [1.165, 1.54) is 44.6 Å². The van der Waals surface area contributed by atoms with Crippen LogP contribution in [0, 0.1) is 17.8 Å². The van der Waals surface area contributed by atoms with Crippen molar-refractivity contribution in [2.75, 3.05) is 7.11 Å². The van der Waals surface area contributed by atoms with Crippen LogP contribution in [0.3, 0.4) is 0 Å². The van der Waals surface area contributed by atoms with Gasteiger partial charge in [-0.3, -0.25) is 0 Å². The molecule has 0 fully saturated rings. The highest BCUT2D eigenvalue weighted by Gasteiger charge is 2.39. The molecule has 1 rings (SSSR count). The van der Waals surface area contributed by atoms with Crippen molar-refractivity contribution in [2.24, 2.45) is 17.8 Å². The zero-order valence-corrected chi connectivity index (χ0v) is 17.8. The van der Waals surface area contributed by atoms with Gasteiger partial charge in [-0.1, -0.05) is 70.3 Å². The molecular formula is C24H38O4. The summed E-state index contributed by atoms with van der Waals surface area (Å²) in [5.74, 6) is -3.41. The summed E-state index contributed by atoms with van der Waals surface area (Å²) in [6.45, 7) is 3.79. The van der Waals surface area contributed by atoms with Crippen LogP contribution in [-0.2, 0) is 9.53 Å². The summed E-state index contributed by atoms with van der Waals surface area (Å²) in [6, 6.07) is 0. The lowest BCUT2D eigenvalue weighted by molar-refractivity contribution is -0.217. The zero-order chi connectivity index (χ0) is 20.8. The minimum atomic E-state index is -2.52. The van der Waals surface area contributed by atoms with E-state index in [1.807, 2.05) is 6.08 Å². The molecule has 28 heavy (non-hydrogen) atoms. The Hall–Kier alpha value is -1.61. The number of unbranched alkanes of at least 4 members (excludes halogenated alkanes) is 6. The standard InChI is InChI=1S/C24H38O4/c1-4-5-6-7-8-9-10-11-16-21-18-14-19-22(21)17-13-12-15-20(2)24(26,27)23(25)28-3/h11,13-16,18,20-22,26-27H,4-10,17,19H2,1-3H3/t12?,20?,21-,22-/m0/s1. The third-order valence-electron chi connectivity index (χ3n) is 5.43. The number of ether oxygens (including phenoxy) is 1. The first kappa shape index (κ1) is 24.4. The first-order valence-corrected chi connectivity index (χ1v) is 10.7. The molecular weight excluding hydrogens is 352 g/mol. The molecule has 0 heterocycles. The number of hydrogen-bond acceptors (Lipinski definition) is 4. The number of esters is 1. The number of methoxy groups -OCH3 is 1. The van der Waals surface area contributed by atoms with E-state index in [1.54, 1.807) is 6.92 Å². The summed E-state index contributed by atoms with van der Waals surface area (Å²) in [5, 5.41) is 19.6. The quantitative estimate of drug-likeness (QED) is 0.151. The molecule has 0 aromatic carbocycles. The molecule has 0 spiro atoms. The van der Waals surface area contributed by atoms with Gasteiger partial charge in [-0.05, 0) is 49.7 Å². The van der Waals surface area contributed by atoms with Crippen LogP contribution in [0.2, 0.25) is 0 Å². The Balaban J connectivity index is 2.38. The van der Waals surface area contributed by atoms with Crippen LogP contribution in [0.15, 0.2) is 42.2 Å². The van der Waals surface area contributed by atoms with E-state index < -0.39 is 17.7 Å². The summed E-state index contributed by atoms with van der Waals surface area (Å²) in [7, 11) is 1.13. The Kier molecular flexibility index (Phi) is 11.8. The molecule has 4 nitrogen and oxygen atoms in total. The smallest absolute Gasteiger partial charge is 0.366 e. The van der Waals surface area contributed by atoms with Crippen LogP contribution < -0.4 is 0 Å². The van der Waals surface area contributed by atoms with Crippen LogP contribution in [-0.4, -0.2) is 29.1 Å². The number of allylic oxidation sites excluding steroid dienone is 4. The maximum atomic E-state index is 11.4. The number of rotatable bonds is 13. The lowest BCUT2D eigenvalue weighted by Crippen LogP contribution is -2.44. The minimum Gasteiger partial charge on any atom is -0.465 e. The highest BCUT2D eigenvalue weighted by molar-refractivity contribution is 5.77. The van der Waals surface area contributed by atoms with E-state index in [0.717, 1.165) is 26.4 Å². The van der Waals surface area contributed by atoms with Crippen molar-refractivity contribution in [3.05, 3.63) is 42.2 Å². The zero-order valence-electron chi connectivity index (χ0n) is 17.8. The van der Waals surface area contributed by atoms with Crippen molar-refractivity contribution >= 4 is 5.97 Å². The van der Waals surface area contributed by atoms with E-state index in [9.17, 15) is 15.0 Å². The van der Waals surface area contributed by atoms with Crippen molar-refractivity contribution in [3.63, 3.8) is 0 Å². The monoisotopic (exact) mass is 390 g/mol. The van der Waals surface area contributed by atoms with Crippen molar-refractivity contribution in [2.45, 2.75) is 77.4 Å². The third kappa shape index (κ3) is 8.60. The van der Waals surface area contributed by atoms with Gasteiger partial charge in [-0.15, -0.1) is 5.73 Å². The minimum absolute atomic E-state index is 0.459. The predicted molar refractivity (Wildman–Crippen MR) is 113 cm³/mol. The lowest BCUT2D eigenvalue weighted by atomic mass is 9.91. The SMILES string of the molecule is CCCCCCCCC=C[C@H]1C=CC[C@@H]1CC=C=CC(C)C(O)(O)C(=O)OC. The second kappa shape index (κ2) is 13.5. The molecule has 3 atom stereocenters. The molecule has 1 aliphatic carbocycles. The first-order chi connectivity index (χ1) is 13.4. The molecule has 1 aliphatic rings. The van der Waals surface area contributed by atoms with E-state index in [2.05, 4.69) is 41.7 Å². The highest BCUT2D eigenvalue weighted by atomic mass is 16.6. The number of carbonyl (C=O) groups is 1. The van der Waals surface area contributed by atoms with Crippen LogP contribution in [0.25, 0.3) is 0 Å². The van der Waals surface area contributed by atoms with Crippen molar-refractivity contribution in [1.82, 2.24) is 0 Å². The number of aliphatic hydroxyl groups is 2. The fourth-order valence-electron chi connectivity index (χ4n) is 3.38. The van der Waals surface area contributed by atoms with E-state index >= 15 is 0 Å². The largest absolute Gasteiger partial charge is 0.465 e. The Morgan fingerprint density at radius 2 is 2.00 bits per heavy atom. The highest BCUT2D eigenvalue weighted by Crippen LogP contribution is 2.30. The van der Waals surface area contributed by atoms with Gasteiger partial charge in [0.15, 0.2) is 0 Å². The number of carbonyl (C=O) groups excluding carboxylic acids is 1. The van der Waals surface area contributed by atoms with Crippen LogP contribution in [0.1, 0.15) is 71.6 Å². The van der Waals surface area contributed by atoms with Gasteiger partial charge >= 0.3 is 5.97 Å². The van der Waals surface area contributed by atoms with Gasteiger partial charge in [0, 0.05) is 5.92 Å². The molecule has 0 aromatic heterocycles. The first-order valence-electron chi connectivity index (χ1n) is 10.7. The molecule has 0 saturated heterocycles. The van der Waals surface area contributed by atoms with Gasteiger partial charge in [0.05, 0.1) is 7.11 Å². The maximum absolute atomic E-state index is 11.4. The Morgan fingerprint density at radius 1 is 1.29 bits per heavy atom. The number of hydrogen-bond donors (Lipinski definition) is 2. The van der Waals surface area contributed by atoms with E-state index in [0.29, 0.717) is 11.8 Å². The summed E-state index contributed by atoms with van der Waals surface area (Å²) < 4.78 is 4.40. The average molecular weight is 391 g/mol. The molecule has 0 amide bonds. The van der Waals surface area contributed by atoms with Gasteiger partial charge in [0.2, 0.25) is 0 Å². The summed E-state index contributed by atoms with van der Waals surface area (Å²) in [5.41, 5.74) is 2.99. The summed E-state index contributed by atoms with van der Waals surface area (Å²) in [6.07, 6.45) is 23.6. The maximum Gasteiger partial charge on any atom is 0.366 e. The van der Waals surface area contributed by atoms with E-state index in [4.69, 9.17) is 0 Å². The van der Waals surface area contributed by atoms with Crippen LogP contribution in [0.5, 0.6) is 0 Å². The molecule has 2 N–H and O–H groups in total. The molecule has 4 heteroatoms. The topological polar surface area (TPSA) is 66.8 Å². The summed E-state index contributed by atoms with van der Waals surface area (Å²) >= 11 is 0. The summed E-state index contributed by atoms with van der Waals surface area (Å²) in [4.78, 5) is 11.4. The molecule has 0 saturated carbocycles. The molecule has 0 bridgehead atoms. The molecule has 0 aromatic rings. The second-order valence-electron chi connectivity index (χ2n) is 7.77. The van der Waals surface area contributed by atoms with Gasteiger partial charge in [0.25, 0.3) is 5.79 Å². The molecule has 1 unspecified atom stereocenters. The fourth-order valence-corrected chi connectivity index (χ4v) is 3.38. The van der Waals surface area contributed by atoms with Crippen molar-refractivity contribution < 1.29 is 19.7 Å². The third-order valence-corrected chi connectivity index (χ3v) is 5.43. The van der Waals surface area contributed by atoms with Crippen LogP contribution in [0.4, 0.5) is 0 Å². The van der Waals surface area contributed by atoms with E-state index in [-0.39, 0.29) is 0 Å². The average Bonchev–Trinajstić information content (AvgIpc) is 3.13. The normalized spacial score (nSPS) is 20.2. The van der Waals surface area contributed by atoms with Gasteiger partial charge in [-0.25, -0.2) is 4.79 Å². The lowest BCUT2D eigenvalue weighted by Gasteiger charge is -2.22. The van der Waals surface area contributed by atoms with Gasteiger partial charge < -0.3 is 14.9 Å². The van der Waals surface area contributed by atoms with Crippen LogP contribution >= 0.6 is 0 Å². The molecule has 158 valence electrons. The second-order valence-corrected chi connectivity index (χ2v) is 7.77. The molecule has 0 aliphatic heterocycles. The van der Waals surface area contributed by atoms with Gasteiger partial charge in [0.1, 0.15) is 0 Å². The Morgan fingerprint density at radius 3 is 2.71 bits per heavy atom. The van der Waals surface area contributed by atoms with Gasteiger partial charge in [-0.2, -0.15) is 0 Å². The van der Waals surface area contributed by atoms with Crippen molar-refractivity contribution in [3.8, 4) is 0 Å².